The largest absolute Gasteiger partial charge is 0.494 e. The Bertz CT molecular complexity index is 5810. The van der Waals surface area contributed by atoms with Crippen LogP contribution in [0.1, 0.15) is 206 Å². The lowest BCUT2D eigenvalue weighted by atomic mass is 9.99. The zero-order valence-electron chi connectivity index (χ0n) is 91.1. The topological polar surface area (TPSA) is 312 Å². The number of hydrogen-bond donors (Lipinski definition) is 6. The normalized spacial score (nSPS) is 19.3. The fourth-order valence-electron chi connectivity index (χ4n) is 22.1. The maximum absolute atomic E-state index is 13.2. The number of fused-ring (bicyclic) bond motifs is 4. The lowest BCUT2D eigenvalue weighted by Crippen LogP contribution is -2.51. The molecular weight excluding hydrogens is 1900 g/mol. The Kier molecular flexibility index (Phi) is 39.9. The van der Waals surface area contributed by atoms with E-state index < -0.39 is 16.7 Å². The highest BCUT2D eigenvalue weighted by Crippen LogP contribution is 2.41. The quantitative estimate of drug-likeness (QED) is 0.0176. The molecule has 0 radical (unpaired) electrons. The van der Waals surface area contributed by atoms with E-state index in [1.807, 2.05) is 59.1 Å². The molecule has 37 heteroatoms. The highest BCUT2D eigenvalue weighted by Gasteiger charge is 2.40. The number of rotatable bonds is 25. The number of piperidine rings is 6. The Morgan fingerprint density at radius 2 is 0.779 bits per heavy atom. The van der Waals surface area contributed by atoms with Gasteiger partial charge in [-0.25, -0.2) is 28.8 Å². The number of non-ortho nitro benzene ring substituents is 1. The number of nitro benzene ring substituents is 1. The maximum atomic E-state index is 13.2. The molecule has 0 bridgehead atoms. The number of H-pyrrole nitrogens is 2. The van der Waals surface area contributed by atoms with Gasteiger partial charge in [0.05, 0.1) is 40.4 Å². The molecule has 0 unspecified atom stereocenters. The third kappa shape index (κ3) is 30.5. The van der Waals surface area contributed by atoms with E-state index in [1.165, 1.54) is 41.7 Å². The van der Waals surface area contributed by atoms with Gasteiger partial charge in [-0.2, -0.15) is 13.2 Å². The van der Waals surface area contributed by atoms with Crippen LogP contribution in [0.15, 0.2) is 144 Å². The Balaban J connectivity index is 0.000000141. The molecule has 0 saturated carbocycles. The number of amides is 8. The predicted octanol–water partition coefficient (Wildman–Crippen LogP) is 17.7. The highest BCUT2D eigenvalue weighted by molar-refractivity contribution is 5.95. The van der Waals surface area contributed by atoms with Crippen molar-refractivity contribution in [2.24, 2.45) is 0 Å². The summed E-state index contributed by atoms with van der Waals surface area (Å²) in [5.74, 6) is 1.76. The number of pyridine rings is 1. The minimum Gasteiger partial charge on any atom is -0.494 e. The van der Waals surface area contributed by atoms with E-state index in [9.17, 15) is 52.1 Å². The van der Waals surface area contributed by atoms with Crippen LogP contribution in [0.4, 0.5) is 66.5 Å². The number of aromatic amines is 2. The van der Waals surface area contributed by atoms with Crippen LogP contribution in [-0.2, 0) is 32.4 Å². The minimum absolute atomic E-state index is 0.00506. The van der Waals surface area contributed by atoms with Crippen LogP contribution >= 0.6 is 0 Å². The minimum atomic E-state index is -4.46. The van der Waals surface area contributed by atoms with Crippen molar-refractivity contribution in [3.63, 3.8) is 0 Å². The van der Waals surface area contributed by atoms with Crippen LogP contribution in [-0.4, -0.2) is 344 Å². The summed E-state index contributed by atoms with van der Waals surface area (Å²) < 4.78 is 54.7. The van der Waals surface area contributed by atoms with E-state index in [4.69, 9.17) is 9.47 Å². The molecule has 814 valence electrons. The molecule has 19 rings (SSSR count). The number of imidazole rings is 2. The third-order valence-electron chi connectivity index (χ3n) is 31.5. The maximum Gasteiger partial charge on any atom is 0.417 e. The van der Waals surface area contributed by atoms with Crippen molar-refractivity contribution in [1.29, 1.82) is 0 Å². The number of aromatic nitrogens is 5. The van der Waals surface area contributed by atoms with E-state index in [1.54, 1.807) is 45.9 Å². The van der Waals surface area contributed by atoms with Crippen LogP contribution < -0.4 is 47.0 Å². The summed E-state index contributed by atoms with van der Waals surface area (Å²) in [6.07, 6.45) is 15.3. The number of carbonyl (C=O) groups excluding carboxylic acids is 4. The zero-order valence-corrected chi connectivity index (χ0v) is 91.1. The van der Waals surface area contributed by atoms with Crippen LogP contribution in [0, 0.1) is 10.1 Å². The smallest absolute Gasteiger partial charge is 0.417 e. The van der Waals surface area contributed by atoms with Gasteiger partial charge < -0.3 is 109 Å². The van der Waals surface area contributed by atoms with Crippen molar-refractivity contribution in [3.8, 4) is 34.0 Å². The first-order chi connectivity index (χ1) is 71.2. The van der Waals surface area contributed by atoms with Gasteiger partial charge >= 0.3 is 41.7 Å². The first-order valence-electron chi connectivity index (χ1n) is 54.3. The SMILES string of the molecule is CC(C)N1CCC(N2Cc3cc(N4CCN(C)CC4)ccc3NC2=O)CC1.CC(C)N1CCC(N2Cc3cc(OCCCN(C)C)ccc3NC2=O)CC1.CC(C)N1CCC(N2Cc3cc(OCCN(C)C)ccc3NC2=O)CC1.CC(C)N1CCC(N2Cc3ccncc3NC2=O)CC1.CC(C)N1CCC(n2cc(-c3cccc([N+](=O)[O-])c3)[nH]c2=O)CC1.CC(C)N1CCC(n2cc(-c3ccccc3C(F)(F)F)[nH]c2=O)CC1. The molecular formula is C112H165F3N24O10. The summed E-state index contributed by atoms with van der Waals surface area (Å²) >= 11 is 0. The van der Waals surface area contributed by atoms with Crippen molar-refractivity contribution in [2.45, 2.75) is 271 Å². The number of nitro groups is 1. The number of hydrogen-bond acceptors (Lipinski definition) is 21. The molecule has 149 heavy (non-hydrogen) atoms. The Labute approximate surface area is 878 Å². The number of ether oxygens (including phenoxy) is 2. The summed E-state index contributed by atoms with van der Waals surface area (Å²) in [5.41, 5.74) is 9.90. The lowest BCUT2D eigenvalue weighted by molar-refractivity contribution is -0.384. The van der Waals surface area contributed by atoms with E-state index in [2.05, 4.69) is 225 Å². The van der Waals surface area contributed by atoms with Gasteiger partial charge in [-0.15, -0.1) is 0 Å². The van der Waals surface area contributed by atoms with E-state index in [0.717, 1.165) is 265 Å². The van der Waals surface area contributed by atoms with Gasteiger partial charge in [0.15, 0.2) is 0 Å². The number of carbonyl (C=O) groups is 4. The van der Waals surface area contributed by atoms with Gasteiger partial charge in [-0.05, 0) is 291 Å². The van der Waals surface area contributed by atoms with Crippen LogP contribution in [0.5, 0.6) is 11.5 Å². The molecule has 11 aliphatic heterocycles. The Hall–Kier alpha value is -11.4. The summed E-state index contributed by atoms with van der Waals surface area (Å²) in [4.78, 5) is 127. The van der Waals surface area contributed by atoms with Crippen molar-refractivity contribution < 1.29 is 46.7 Å². The van der Waals surface area contributed by atoms with Gasteiger partial charge in [0.25, 0.3) is 5.69 Å². The number of urea groups is 4. The Morgan fingerprint density at radius 3 is 1.18 bits per heavy atom. The number of nitrogens with one attached hydrogen (secondary N) is 6. The summed E-state index contributed by atoms with van der Waals surface area (Å²) in [6, 6.07) is 37.1. The van der Waals surface area contributed by atoms with E-state index in [0.29, 0.717) is 105 Å². The van der Waals surface area contributed by atoms with Crippen molar-refractivity contribution in [1.82, 2.24) is 87.8 Å². The summed E-state index contributed by atoms with van der Waals surface area (Å²) in [5, 5.41) is 23.1. The third-order valence-corrected chi connectivity index (χ3v) is 31.5. The average molecular weight is 2060 g/mol. The van der Waals surface area contributed by atoms with Gasteiger partial charge in [0.2, 0.25) is 0 Å². The van der Waals surface area contributed by atoms with Gasteiger partial charge in [0, 0.05) is 281 Å². The number of alkyl halides is 3. The number of piperazine rings is 1. The second-order valence-electron chi connectivity index (χ2n) is 44.0. The number of benzene rings is 5. The molecule has 34 nitrogen and oxygen atoms in total. The molecule has 8 aromatic rings. The number of nitrogens with zero attached hydrogens (tertiary/aromatic N) is 18. The van der Waals surface area contributed by atoms with Gasteiger partial charge in [-0.1, -0.05) is 30.3 Å². The second-order valence-corrected chi connectivity index (χ2v) is 44.0. The van der Waals surface area contributed by atoms with Crippen molar-refractivity contribution in [2.75, 3.05) is 192 Å². The monoisotopic (exact) mass is 2060 g/mol. The molecule has 7 fully saturated rings. The van der Waals surface area contributed by atoms with Crippen LogP contribution in [0.2, 0.25) is 0 Å². The number of likely N-dealkylation sites (N-methyl/N-ethyl adjacent to an activating group) is 2. The second kappa shape index (κ2) is 52.5. The highest BCUT2D eigenvalue weighted by atomic mass is 19.4. The molecule has 0 aliphatic carbocycles. The molecule has 0 atom stereocenters. The molecule has 14 heterocycles. The molecule has 8 amide bonds. The van der Waals surface area contributed by atoms with E-state index in [-0.39, 0.29) is 64.5 Å². The number of halogens is 3. The average Bonchev–Trinajstić information content (AvgIpc) is 1.29. The number of anilines is 5. The van der Waals surface area contributed by atoms with Gasteiger partial charge in [0.1, 0.15) is 18.1 Å². The molecule has 6 N–H and O–H groups in total. The molecule has 11 aliphatic rings. The molecule has 5 aromatic carbocycles. The van der Waals surface area contributed by atoms with Crippen molar-refractivity contribution >= 4 is 58.2 Å². The van der Waals surface area contributed by atoms with Crippen LogP contribution in [0.3, 0.4) is 0 Å². The summed E-state index contributed by atoms with van der Waals surface area (Å²) in [7, 11) is 10.4. The standard InChI is InChI=1S/C21H33N5O.C21H34N4O2.C20H32N4O2.C18H22F3N3O.C17H22N4O3.C15H22N4O/c1-16(2)24-8-6-18(7-9-24)26-15-17-14-19(4-5-20(17)22-21(26)27)25-12-10-23(3)11-13-25;1-16(2)24-11-8-18(9-12-24)25-15-17-14-19(27-13-5-10-23(3)4)6-7-20(17)22-21(25)26;1-15(2)23-9-7-17(8-10-23)24-14-16-13-18(26-12-11-22(3)4)5-6-19(16)21-20(24)25;1-12(2)23-9-7-13(8-10-23)24-11-16(22-17(24)25)14-5-3-4-6-15(14)18(19,20)21;1-12(2)19-8-6-14(7-9-19)20-11-16(18-17(20)22)13-4-3-5-15(10-13)21(23)24;1-11(2)18-7-4-13(5-8-18)19-10-12-3-6-16-9-14(12)17-15(19)20/h4-5,14,16,18H,6-13,15H2,1-3H3,(H,22,27);6-7,14,16,18H,5,8-13,15H2,1-4H3,(H,22,26);5-6,13,15,17H,7-12,14H2,1-4H3,(H,21,25);3-6,11-13H,7-10H2,1-2H3,(H,22,25);3-5,10-12,14H,6-9H2,1-2H3,(H,18,22);3,6,9,11,13H,4-5,7-8,10H2,1-2H3,(H,17,20). The van der Waals surface area contributed by atoms with Crippen LogP contribution in [0.25, 0.3) is 22.5 Å². The fraction of sp³-hybridized carbons (Fsp3) is 0.598. The molecule has 7 saturated heterocycles. The first kappa shape index (κ1) is 113. The molecule has 3 aromatic heterocycles. The predicted molar refractivity (Wildman–Crippen MR) is 586 cm³/mol. The lowest BCUT2D eigenvalue weighted by Gasteiger charge is -2.42. The van der Waals surface area contributed by atoms with E-state index >= 15 is 0 Å². The molecule has 0 spiro atoms. The summed E-state index contributed by atoms with van der Waals surface area (Å²) in [6.45, 7) is 49.3. The zero-order chi connectivity index (χ0) is 107. The van der Waals surface area contributed by atoms with Gasteiger partial charge in [-0.3, -0.25) is 24.2 Å². The van der Waals surface area contributed by atoms with Crippen molar-refractivity contribution in [3.05, 3.63) is 193 Å². The first-order valence-corrected chi connectivity index (χ1v) is 54.3. The number of likely N-dealkylation sites (tertiary alicyclic amines) is 6. The fourth-order valence-corrected chi connectivity index (χ4v) is 22.1. The Morgan fingerprint density at radius 1 is 0.409 bits per heavy atom.